The van der Waals surface area contributed by atoms with Gasteiger partial charge in [-0.05, 0) is 61.9 Å². The molecule has 0 aliphatic heterocycles. The Labute approximate surface area is 259 Å². The molecule has 0 radical (unpaired) electrons. The summed E-state index contributed by atoms with van der Waals surface area (Å²) >= 11 is 0. The summed E-state index contributed by atoms with van der Waals surface area (Å²) in [7, 11) is 0. The number of nitrogens with one attached hydrogen (secondary N) is 3. The minimum Gasteiger partial charge on any atom is -0.480 e. The van der Waals surface area contributed by atoms with Gasteiger partial charge in [-0.3, -0.25) is 14.4 Å². The van der Waals surface area contributed by atoms with E-state index in [1.54, 1.807) is 12.1 Å². The van der Waals surface area contributed by atoms with E-state index in [2.05, 4.69) is 16.0 Å². The lowest BCUT2D eigenvalue weighted by Gasteiger charge is -2.28. The zero-order valence-corrected chi connectivity index (χ0v) is 26.0. The Morgan fingerprint density at radius 3 is 1.77 bits per heavy atom. The molecule has 9 nitrogen and oxygen atoms in total. The summed E-state index contributed by atoms with van der Waals surface area (Å²) in [6, 6.07) is 22.7. The van der Waals surface area contributed by atoms with Gasteiger partial charge in [0.05, 0.1) is 12.2 Å². The van der Waals surface area contributed by atoms with E-state index < -0.39 is 47.4 Å². The molecule has 234 valence electrons. The fourth-order valence-electron chi connectivity index (χ4n) is 4.50. The fraction of sp³-hybridized carbons (Fsp3) is 0.371. The highest BCUT2D eigenvalue weighted by molar-refractivity contribution is 5.99. The number of amides is 3. The van der Waals surface area contributed by atoms with Crippen LogP contribution in [0.2, 0.25) is 0 Å². The summed E-state index contributed by atoms with van der Waals surface area (Å²) in [5, 5.41) is 17.7. The van der Waals surface area contributed by atoms with Gasteiger partial charge >= 0.3 is 5.97 Å². The molecule has 3 aromatic carbocycles. The third kappa shape index (κ3) is 11.0. The van der Waals surface area contributed by atoms with Gasteiger partial charge in [0.25, 0.3) is 5.91 Å². The molecule has 3 amide bonds. The van der Waals surface area contributed by atoms with Crippen molar-refractivity contribution >= 4 is 23.7 Å². The maximum atomic E-state index is 13.7. The molecule has 0 bridgehead atoms. The van der Waals surface area contributed by atoms with Crippen molar-refractivity contribution in [3.63, 3.8) is 0 Å². The van der Waals surface area contributed by atoms with E-state index in [1.807, 2.05) is 107 Å². The SMILES string of the molecule is CC(C)C[C@H](NC(=O)[C@H](COC(C)(C)C)NC(=O)[C@H](Cc1ccccc1)NC(=O)c1ccc(-c2ccccc2)cc1)C(=O)O. The molecular weight excluding hydrogens is 558 g/mol. The maximum Gasteiger partial charge on any atom is 0.326 e. The Hall–Kier alpha value is -4.50. The van der Waals surface area contributed by atoms with Crippen LogP contribution in [-0.4, -0.2) is 59.1 Å². The van der Waals surface area contributed by atoms with Crippen LogP contribution in [0.4, 0.5) is 0 Å². The van der Waals surface area contributed by atoms with Crippen LogP contribution < -0.4 is 16.0 Å². The summed E-state index contributed by atoms with van der Waals surface area (Å²) < 4.78 is 5.82. The number of hydrogen-bond acceptors (Lipinski definition) is 5. The molecule has 0 saturated heterocycles. The molecule has 9 heteroatoms. The largest absolute Gasteiger partial charge is 0.480 e. The summed E-state index contributed by atoms with van der Waals surface area (Å²) in [6.45, 7) is 8.95. The molecule has 0 aromatic heterocycles. The predicted octanol–water partition coefficient (Wildman–Crippen LogP) is 4.61. The number of carbonyl (C=O) groups excluding carboxylic acids is 3. The summed E-state index contributed by atoms with van der Waals surface area (Å²) in [6.07, 6.45) is 0.387. The van der Waals surface area contributed by atoms with Gasteiger partial charge < -0.3 is 25.8 Å². The van der Waals surface area contributed by atoms with E-state index in [4.69, 9.17) is 4.74 Å². The second kappa shape index (κ2) is 15.8. The molecule has 0 aliphatic rings. The van der Waals surface area contributed by atoms with Crippen LogP contribution in [0.3, 0.4) is 0 Å². The van der Waals surface area contributed by atoms with Crippen LogP contribution >= 0.6 is 0 Å². The number of carboxylic acids is 1. The zero-order chi connectivity index (χ0) is 32.3. The molecule has 3 aromatic rings. The minimum absolute atomic E-state index is 0.0162. The highest BCUT2D eigenvalue weighted by Gasteiger charge is 2.31. The van der Waals surface area contributed by atoms with E-state index >= 15 is 0 Å². The standard InChI is InChI=1S/C35H43N3O6/c1-23(2)20-29(34(42)43)37-33(41)30(22-44-35(3,4)5)38-32(40)28(21-24-12-8-6-9-13-24)36-31(39)27-18-16-26(17-19-27)25-14-10-7-11-15-25/h6-19,23,28-30H,20-22H2,1-5H3,(H,36,39)(H,37,41)(H,38,40)(H,42,43)/t28-,29-,30-/m0/s1. The molecule has 3 rings (SSSR count). The highest BCUT2D eigenvalue weighted by Crippen LogP contribution is 2.19. The van der Waals surface area contributed by atoms with E-state index in [1.165, 1.54) is 0 Å². The number of carboxylic acid groups (broad SMARTS) is 1. The Balaban J connectivity index is 1.82. The summed E-state index contributed by atoms with van der Waals surface area (Å²) in [5.41, 5.74) is 2.52. The Morgan fingerprint density at radius 1 is 0.705 bits per heavy atom. The van der Waals surface area contributed by atoms with Crippen molar-refractivity contribution in [2.24, 2.45) is 5.92 Å². The van der Waals surface area contributed by atoms with Gasteiger partial charge in [-0.25, -0.2) is 4.79 Å². The first-order chi connectivity index (χ1) is 20.8. The van der Waals surface area contributed by atoms with E-state index in [9.17, 15) is 24.3 Å². The topological polar surface area (TPSA) is 134 Å². The van der Waals surface area contributed by atoms with Gasteiger partial charge in [0.15, 0.2) is 0 Å². The highest BCUT2D eigenvalue weighted by atomic mass is 16.5. The maximum absolute atomic E-state index is 13.7. The lowest BCUT2D eigenvalue weighted by atomic mass is 10.0. The van der Waals surface area contributed by atoms with Gasteiger partial charge in [0.1, 0.15) is 18.1 Å². The van der Waals surface area contributed by atoms with E-state index in [0.29, 0.717) is 5.56 Å². The van der Waals surface area contributed by atoms with Crippen LogP contribution in [0.5, 0.6) is 0 Å². The molecule has 0 aliphatic carbocycles. The van der Waals surface area contributed by atoms with E-state index in [0.717, 1.165) is 16.7 Å². The van der Waals surface area contributed by atoms with Crippen molar-refractivity contribution in [2.45, 2.75) is 71.2 Å². The molecule has 0 fully saturated rings. The van der Waals surface area contributed by atoms with Gasteiger partial charge in [-0.15, -0.1) is 0 Å². The van der Waals surface area contributed by atoms with E-state index in [-0.39, 0.29) is 25.4 Å². The van der Waals surface area contributed by atoms with Crippen LogP contribution in [0.15, 0.2) is 84.9 Å². The van der Waals surface area contributed by atoms with Crippen molar-refractivity contribution < 1.29 is 29.0 Å². The van der Waals surface area contributed by atoms with Gasteiger partial charge in [0, 0.05) is 12.0 Å². The number of carbonyl (C=O) groups is 4. The minimum atomic E-state index is -1.20. The van der Waals surface area contributed by atoms with Gasteiger partial charge in [0.2, 0.25) is 11.8 Å². The fourth-order valence-corrected chi connectivity index (χ4v) is 4.50. The van der Waals surface area contributed by atoms with Crippen LogP contribution in [-0.2, 0) is 25.5 Å². The molecule has 0 heterocycles. The molecule has 0 spiro atoms. The van der Waals surface area contributed by atoms with Crippen LogP contribution in [0, 0.1) is 5.92 Å². The van der Waals surface area contributed by atoms with Gasteiger partial charge in [-0.1, -0.05) is 86.6 Å². The number of rotatable bonds is 14. The van der Waals surface area contributed by atoms with Gasteiger partial charge in [-0.2, -0.15) is 0 Å². The molecule has 0 saturated carbocycles. The average Bonchev–Trinajstić information content (AvgIpc) is 2.98. The Bertz CT molecular complexity index is 1390. The van der Waals surface area contributed by atoms with Crippen molar-refractivity contribution in [1.82, 2.24) is 16.0 Å². The Morgan fingerprint density at radius 2 is 1.23 bits per heavy atom. The van der Waals surface area contributed by atoms with Crippen molar-refractivity contribution in [3.05, 3.63) is 96.1 Å². The normalized spacial score (nSPS) is 13.4. The lowest BCUT2D eigenvalue weighted by molar-refractivity contribution is -0.143. The van der Waals surface area contributed by atoms with Crippen LogP contribution in [0.25, 0.3) is 11.1 Å². The first-order valence-corrected chi connectivity index (χ1v) is 14.8. The smallest absolute Gasteiger partial charge is 0.326 e. The van der Waals surface area contributed by atoms with Crippen molar-refractivity contribution in [1.29, 1.82) is 0 Å². The first-order valence-electron chi connectivity index (χ1n) is 14.8. The average molecular weight is 602 g/mol. The molecule has 44 heavy (non-hydrogen) atoms. The molecular formula is C35H43N3O6. The lowest BCUT2D eigenvalue weighted by Crippen LogP contribution is -2.58. The van der Waals surface area contributed by atoms with Crippen molar-refractivity contribution in [2.75, 3.05) is 6.61 Å². The third-order valence-corrected chi connectivity index (χ3v) is 6.80. The van der Waals surface area contributed by atoms with Crippen molar-refractivity contribution in [3.8, 4) is 11.1 Å². The second-order valence-electron chi connectivity index (χ2n) is 12.2. The molecule has 0 unspecified atom stereocenters. The zero-order valence-electron chi connectivity index (χ0n) is 26.0. The Kier molecular flexibility index (Phi) is 12.2. The molecule has 4 N–H and O–H groups in total. The summed E-state index contributed by atoms with van der Waals surface area (Å²) in [4.78, 5) is 52.2. The third-order valence-electron chi connectivity index (χ3n) is 6.80. The number of aliphatic carboxylic acids is 1. The first kappa shape index (κ1) is 34.0. The monoisotopic (exact) mass is 601 g/mol. The number of benzene rings is 3. The quantitative estimate of drug-likeness (QED) is 0.213. The number of hydrogen-bond donors (Lipinski definition) is 4. The summed E-state index contributed by atoms with van der Waals surface area (Å²) in [5.74, 6) is -2.88. The molecule has 3 atom stereocenters. The number of ether oxygens (including phenoxy) is 1. The van der Waals surface area contributed by atoms with Crippen LogP contribution in [0.1, 0.15) is 57.0 Å². The predicted molar refractivity (Wildman–Crippen MR) is 170 cm³/mol. The second-order valence-corrected chi connectivity index (χ2v) is 12.2.